The summed E-state index contributed by atoms with van der Waals surface area (Å²) in [5.41, 5.74) is 0.206. The Labute approximate surface area is 137 Å². The highest BCUT2D eigenvalue weighted by Crippen LogP contribution is 2.20. The highest BCUT2D eigenvalue weighted by molar-refractivity contribution is 6.30. The van der Waals surface area contributed by atoms with Gasteiger partial charge in [0.2, 0.25) is 0 Å². The summed E-state index contributed by atoms with van der Waals surface area (Å²) in [5.74, 6) is -1.04. The van der Waals surface area contributed by atoms with Gasteiger partial charge >= 0.3 is 5.97 Å². The Balaban J connectivity index is 2.02. The zero-order valence-corrected chi connectivity index (χ0v) is 13.5. The van der Waals surface area contributed by atoms with Crippen molar-refractivity contribution in [2.45, 2.75) is 26.9 Å². The summed E-state index contributed by atoms with van der Waals surface area (Å²) in [7, 11) is 0. The van der Waals surface area contributed by atoms with E-state index in [9.17, 15) is 14.0 Å². The lowest BCUT2D eigenvalue weighted by Crippen LogP contribution is -2.30. The Morgan fingerprint density at radius 2 is 2.00 bits per heavy atom. The molecule has 2 rings (SSSR count). The van der Waals surface area contributed by atoms with Crippen LogP contribution < -0.4 is 5.32 Å². The van der Waals surface area contributed by atoms with Crippen LogP contribution >= 0.6 is 11.6 Å². The zero-order valence-electron chi connectivity index (χ0n) is 12.8. The van der Waals surface area contributed by atoms with E-state index in [0.29, 0.717) is 11.5 Å². The molecule has 1 N–H and O–H groups in total. The second kappa shape index (κ2) is 6.83. The van der Waals surface area contributed by atoms with E-state index in [4.69, 9.17) is 20.8 Å². The first-order valence-electron chi connectivity index (χ1n) is 6.82. The first-order valence-corrected chi connectivity index (χ1v) is 7.19. The average molecular weight is 340 g/mol. The third-order valence-corrected chi connectivity index (χ3v) is 3.34. The number of amides is 1. The van der Waals surface area contributed by atoms with Crippen molar-refractivity contribution in [3.05, 3.63) is 52.2 Å². The molecular weight excluding hydrogens is 325 g/mol. The number of hydrogen-bond acceptors (Lipinski definition) is 4. The first kappa shape index (κ1) is 17.0. The average Bonchev–Trinajstić information content (AvgIpc) is 2.80. The van der Waals surface area contributed by atoms with Crippen LogP contribution in [0.4, 0.5) is 10.1 Å². The Bertz CT molecular complexity index is 757. The van der Waals surface area contributed by atoms with Crippen molar-refractivity contribution in [2.75, 3.05) is 5.32 Å². The van der Waals surface area contributed by atoms with Gasteiger partial charge in [0.25, 0.3) is 5.91 Å². The van der Waals surface area contributed by atoms with Gasteiger partial charge in [0.05, 0.1) is 5.69 Å². The molecule has 1 aromatic heterocycles. The summed E-state index contributed by atoms with van der Waals surface area (Å²) < 4.78 is 23.9. The standard InChI is InChI=1S/C16H15ClFNO4/c1-8-6-12(9(2)22-8)16(21)23-10(3)15(20)19-14-5-4-11(17)7-13(14)18/h4-7,10H,1-3H3,(H,19,20). The molecule has 0 aliphatic rings. The summed E-state index contributed by atoms with van der Waals surface area (Å²) in [6, 6.07) is 5.37. The Hall–Kier alpha value is -2.34. The van der Waals surface area contributed by atoms with Gasteiger partial charge in [-0.05, 0) is 45.0 Å². The molecule has 0 saturated heterocycles. The van der Waals surface area contributed by atoms with Crippen molar-refractivity contribution < 1.29 is 23.1 Å². The number of ether oxygens (including phenoxy) is 1. The SMILES string of the molecule is Cc1cc(C(=O)OC(C)C(=O)Nc2ccc(Cl)cc2F)c(C)o1. The molecule has 23 heavy (non-hydrogen) atoms. The van der Waals surface area contributed by atoms with Gasteiger partial charge in [0.15, 0.2) is 6.10 Å². The molecule has 0 spiro atoms. The van der Waals surface area contributed by atoms with E-state index in [2.05, 4.69) is 5.32 Å². The number of benzene rings is 1. The molecule has 1 heterocycles. The molecule has 1 unspecified atom stereocenters. The molecular formula is C16H15ClFNO4. The molecule has 0 saturated carbocycles. The molecule has 0 fully saturated rings. The van der Waals surface area contributed by atoms with Crippen LogP contribution in [-0.4, -0.2) is 18.0 Å². The van der Waals surface area contributed by atoms with Crippen LogP contribution in [-0.2, 0) is 9.53 Å². The third kappa shape index (κ3) is 4.10. The van der Waals surface area contributed by atoms with E-state index in [-0.39, 0.29) is 16.3 Å². The number of rotatable bonds is 4. The normalized spacial score (nSPS) is 11.9. The van der Waals surface area contributed by atoms with Crippen molar-refractivity contribution in [3.8, 4) is 0 Å². The fourth-order valence-electron chi connectivity index (χ4n) is 1.94. The predicted octanol–water partition coefficient (Wildman–Crippen LogP) is 3.87. The number of nitrogens with one attached hydrogen (secondary N) is 1. The van der Waals surface area contributed by atoms with Crippen molar-refractivity contribution in [3.63, 3.8) is 0 Å². The first-order chi connectivity index (χ1) is 10.8. The Morgan fingerprint density at radius 3 is 2.57 bits per heavy atom. The van der Waals surface area contributed by atoms with Gasteiger partial charge in [-0.2, -0.15) is 0 Å². The predicted molar refractivity (Wildman–Crippen MR) is 83.1 cm³/mol. The second-order valence-electron chi connectivity index (χ2n) is 4.99. The van der Waals surface area contributed by atoms with Crippen LogP contribution in [0.2, 0.25) is 5.02 Å². The molecule has 1 aromatic carbocycles. The highest BCUT2D eigenvalue weighted by Gasteiger charge is 2.22. The summed E-state index contributed by atoms with van der Waals surface area (Å²) >= 11 is 5.64. The molecule has 5 nitrogen and oxygen atoms in total. The number of carbonyl (C=O) groups excluding carboxylic acids is 2. The van der Waals surface area contributed by atoms with E-state index in [1.807, 2.05) is 0 Å². The van der Waals surface area contributed by atoms with E-state index in [1.165, 1.54) is 25.1 Å². The largest absolute Gasteiger partial charge is 0.466 e. The molecule has 0 bridgehead atoms. The smallest absolute Gasteiger partial charge is 0.342 e. The van der Waals surface area contributed by atoms with Crippen molar-refractivity contribution in [1.82, 2.24) is 0 Å². The lowest BCUT2D eigenvalue weighted by atomic mass is 10.2. The van der Waals surface area contributed by atoms with E-state index < -0.39 is 23.8 Å². The lowest BCUT2D eigenvalue weighted by Gasteiger charge is -2.13. The second-order valence-corrected chi connectivity index (χ2v) is 5.42. The molecule has 1 atom stereocenters. The quantitative estimate of drug-likeness (QED) is 0.858. The molecule has 122 valence electrons. The van der Waals surface area contributed by atoms with Gasteiger partial charge in [0, 0.05) is 5.02 Å². The maximum atomic E-state index is 13.6. The van der Waals surface area contributed by atoms with Crippen molar-refractivity contribution >= 4 is 29.2 Å². The molecule has 0 aliphatic heterocycles. The molecule has 0 radical (unpaired) electrons. The van der Waals surface area contributed by atoms with Crippen LogP contribution in [0.15, 0.2) is 28.7 Å². The number of carbonyl (C=O) groups is 2. The summed E-state index contributed by atoms with van der Waals surface area (Å²) in [5, 5.41) is 2.55. The fourth-order valence-corrected chi connectivity index (χ4v) is 2.10. The molecule has 2 aromatic rings. The van der Waals surface area contributed by atoms with Crippen LogP contribution in [0.3, 0.4) is 0 Å². The number of aryl methyl sites for hydroxylation is 2. The fraction of sp³-hybridized carbons (Fsp3) is 0.250. The monoisotopic (exact) mass is 339 g/mol. The minimum Gasteiger partial charge on any atom is -0.466 e. The topological polar surface area (TPSA) is 68.5 Å². The third-order valence-electron chi connectivity index (χ3n) is 3.10. The number of esters is 1. The Kier molecular flexibility index (Phi) is 5.05. The summed E-state index contributed by atoms with van der Waals surface area (Å²) in [4.78, 5) is 24.0. The number of anilines is 1. The maximum absolute atomic E-state index is 13.6. The van der Waals surface area contributed by atoms with E-state index >= 15 is 0 Å². The lowest BCUT2D eigenvalue weighted by molar-refractivity contribution is -0.123. The molecule has 1 amide bonds. The Morgan fingerprint density at radius 1 is 1.30 bits per heavy atom. The minimum atomic E-state index is -1.10. The van der Waals surface area contributed by atoms with Crippen LogP contribution in [0, 0.1) is 19.7 Å². The maximum Gasteiger partial charge on any atom is 0.342 e. The highest BCUT2D eigenvalue weighted by atomic mass is 35.5. The zero-order chi connectivity index (χ0) is 17.1. The van der Waals surface area contributed by atoms with Crippen molar-refractivity contribution in [1.29, 1.82) is 0 Å². The summed E-state index contributed by atoms with van der Waals surface area (Å²) in [6.45, 7) is 4.71. The van der Waals surface area contributed by atoms with Crippen molar-refractivity contribution in [2.24, 2.45) is 0 Å². The summed E-state index contributed by atoms with van der Waals surface area (Å²) in [6.07, 6.45) is -1.10. The van der Waals surface area contributed by atoms with Crippen LogP contribution in [0.5, 0.6) is 0 Å². The van der Waals surface area contributed by atoms with Gasteiger partial charge in [0.1, 0.15) is 22.9 Å². The molecule has 7 heteroatoms. The van der Waals surface area contributed by atoms with Gasteiger partial charge in [-0.1, -0.05) is 11.6 Å². The van der Waals surface area contributed by atoms with Crippen LogP contribution in [0.25, 0.3) is 0 Å². The van der Waals surface area contributed by atoms with Crippen LogP contribution in [0.1, 0.15) is 28.8 Å². The van der Waals surface area contributed by atoms with E-state index in [0.717, 1.165) is 6.07 Å². The van der Waals surface area contributed by atoms with Gasteiger partial charge < -0.3 is 14.5 Å². The molecule has 0 aliphatic carbocycles. The number of halogens is 2. The number of furan rings is 1. The number of hydrogen-bond donors (Lipinski definition) is 1. The van der Waals surface area contributed by atoms with Gasteiger partial charge in [-0.3, -0.25) is 4.79 Å². The minimum absolute atomic E-state index is 0.0439. The van der Waals surface area contributed by atoms with Gasteiger partial charge in [-0.15, -0.1) is 0 Å². The van der Waals surface area contributed by atoms with Gasteiger partial charge in [-0.25, -0.2) is 9.18 Å². The van der Waals surface area contributed by atoms with E-state index in [1.54, 1.807) is 13.8 Å².